The summed E-state index contributed by atoms with van der Waals surface area (Å²) in [4.78, 5) is 16.0. The van der Waals surface area contributed by atoms with Gasteiger partial charge in [-0.25, -0.2) is 0 Å². The van der Waals surface area contributed by atoms with E-state index in [1.54, 1.807) is 38.7 Å². The summed E-state index contributed by atoms with van der Waals surface area (Å²) in [5.74, 6) is 1.16. The second-order valence-corrected chi connectivity index (χ2v) is 4.55. The van der Waals surface area contributed by atoms with Gasteiger partial charge in [-0.1, -0.05) is 6.07 Å². The topological polar surface area (TPSA) is 60.5 Å². The highest BCUT2D eigenvalue weighted by Crippen LogP contribution is 2.29. The molecule has 2 rings (SSSR count). The number of carbonyl (C=O) groups excluding carboxylic acids is 1. The molecule has 0 fully saturated rings. The maximum absolute atomic E-state index is 12.1. The Labute approximate surface area is 123 Å². The van der Waals surface area contributed by atoms with E-state index < -0.39 is 0 Å². The van der Waals surface area contributed by atoms with E-state index in [9.17, 15) is 4.79 Å². The van der Waals surface area contributed by atoms with Gasteiger partial charge in [-0.15, -0.1) is 0 Å². The van der Waals surface area contributed by atoms with Gasteiger partial charge in [0.1, 0.15) is 0 Å². The lowest BCUT2D eigenvalue weighted by atomic mass is 10.1. The number of carbonyl (C=O) groups is 1. The largest absolute Gasteiger partial charge is 0.493 e. The molecule has 5 nitrogen and oxygen atoms in total. The van der Waals surface area contributed by atoms with Crippen molar-refractivity contribution < 1.29 is 14.3 Å². The normalized spacial score (nSPS) is 11.6. The Kier molecular flexibility index (Phi) is 4.77. The summed E-state index contributed by atoms with van der Waals surface area (Å²) in [7, 11) is 3.17. The SMILES string of the molecule is COc1ccc([C@@H](C)NC(=O)c2ccncc2)cc1OC. The van der Waals surface area contributed by atoms with Crippen LogP contribution in [0.5, 0.6) is 11.5 Å². The number of ether oxygens (including phenoxy) is 2. The fourth-order valence-corrected chi connectivity index (χ4v) is 1.99. The van der Waals surface area contributed by atoms with Crippen LogP contribution in [0, 0.1) is 0 Å². The molecule has 0 spiro atoms. The number of pyridine rings is 1. The quantitative estimate of drug-likeness (QED) is 0.917. The number of methoxy groups -OCH3 is 2. The van der Waals surface area contributed by atoms with Crippen molar-refractivity contribution in [2.75, 3.05) is 14.2 Å². The summed E-state index contributed by atoms with van der Waals surface area (Å²) < 4.78 is 10.5. The summed E-state index contributed by atoms with van der Waals surface area (Å²) in [6, 6.07) is 8.79. The van der Waals surface area contributed by atoms with Crippen LogP contribution in [0.4, 0.5) is 0 Å². The Morgan fingerprint density at radius 2 is 1.76 bits per heavy atom. The van der Waals surface area contributed by atoms with Crippen molar-refractivity contribution in [2.45, 2.75) is 13.0 Å². The zero-order valence-electron chi connectivity index (χ0n) is 12.3. The van der Waals surface area contributed by atoms with Crippen molar-refractivity contribution in [3.8, 4) is 11.5 Å². The number of nitrogens with zero attached hydrogens (tertiary/aromatic N) is 1. The lowest BCUT2D eigenvalue weighted by molar-refractivity contribution is 0.0939. The Balaban J connectivity index is 2.13. The Hall–Kier alpha value is -2.56. The molecular weight excluding hydrogens is 268 g/mol. The van der Waals surface area contributed by atoms with Gasteiger partial charge in [-0.05, 0) is 36.8 Å². The minimum absolute atomic E-state index is 0.139. The van der Waals surface area contributed by atoms with E-state index in [0.29, 0.717) is 17.1 Å². The van der Waals surface area contributed by atoms with Crippen LogP contribution in [-0.4, -0.2) is 25.1 Å². The van der Waals surface area contributed by atoms with Crippen molar-refractivity contribution in [2.24, 2.45) is 0 Å². The smallest absolute Gasteiger partial charge is 0.251 e. The van der Waals surface area contributed by atoms with Crippen molar-refractivity contribution in [1.29, 1.82) is 0 Å². The van der Waals surface area contributed by atoms with Gasteiger partial charge in [-0.3, -0.25) is 9.78 Å². The molecule has 0 saturated carbocycles. The molecule has 1 atom stereocenters. The average Bonchev–Trinajstić information content (AvgIpc) is 2.54. The molecule has 1 aromatic carbocycles. The molecule has 0 bridgehead atoms. The lowest BCUT2D eigenvalue weighted by Crippen LogP contribution is -2.26. The molecule has 1 amide bonds. The third kappa shape index (κ3) is 3.51. The van der Waals surface area contributed by atoms with Gasteiger partial charge in [0.2, 0.25) is 0 Å². The van der Waals surface area contributed by atoms with Crippen molar-refractivity contribution in [1.82, 2.24) is 10.3 Å². The summed E-state index contributed by atoms with van der Waals surface area (Å²) in [5, 5.41) is 2.94. The predicted octanol–water partition coefficient (Wildman–Crippen LogP) is 2.59. The van der Waals surface area contributed by atoms with E-state index in [2.05, 4.69) is 10.3 Å². The standard InChI is InChI=1S/C16H18N2O3/c1-11(18-16(19)12-6-8-17-9-7-12)13-4-5-14(20-2)15(10-13)21-3/h4-11H,1-3H3,(H,18,19)/t11-/m1/s1. The van der Waals surface area contributed by atoms with Crippen LogP contribution >= 0.6 is 0 Å². The fraction of sp³-hybridized carbons (Fsp3) is 0.250. The molecular formula is C16H18N2O3. The van der Waals surface area contributed by atoms with Gasteiger partial charge in [-0.2, -0.15) is 0 Å². The van der Waals surface area contributed by atoms with E-state index in [1.807, 2.05) is 25.1 Å². The van der Waals surface area contributed by atoms with Gasteiger partial charge < -0.3 is 14.8 Å². The number of hydrogen-bond donors (Lipinski definition) is 1. The highest BCUT2D eigenvalue weighted by atomic mass is 16.5. The van der Waals surface area contributed by atoms with E-state index in [0.717, 1.165) is 5.56 Å². The third-order valence-electron chi connectivity index (χ3n) is 3.20. The Morgan fingerprint density at radius 1 is 1.10 bits per heavy atom. The molecule has 1 heterocycles. The maximum Gasteiger partial charge on any atom is 0.251 e. The molecule has 1 aromatic heterocycles. The number of amides is 1. The number of aromatic nitrogens is 1. The Bertz CT molecular complexity index is 614. The zero-order valence-corrected chi connectivity index (χ0v) is 12.3. The van der Waals surface area contributed by atoms with Crippen molar-refractivity contribution in [3.63, 3.8) is 0 Å². The number of nitrogens with one attached hydrogen (secondary N) is 1. The second-order valence-electron chi connectivity index (χ2n) is 4.55. The zero-order chi connectivity index (χ0) is 15.2. The van der Waals surface area contributed by atoms with Crippen LogP contribution in [-0.2, 0) is 0 Å². The second kappa shape index (κ2) is 6.74. The van der Waals surface area contributed by atoms with Crippen molar-refractivity contribution >= 4 is 5.91 Å². The minimum Gasteiger partial charge on any atom is -0.493 e. The first kappa shape index (κ1) is 14.8. The molecule has 2 aromatic rings. The van der Waals surface area contributed by atoms with Gasteiger partial charge in [0.25, 0.3) is 5.91 Å². The molecule has 21 heavy (non-hydrogen) atoms. The summed E-state index contributed by atoms with van der Waals surface area (Å²) in [6.07, 6.45) is 3.19. The van der Waals surface area contributed by atoms with Crippen LogP contribution in [0.2, 0.25) is 0 Å². The van der Waals surface area contributed by atoms with Crippen molar-refractivity contribution in [3.05, 3.63) is 53.9 Å². The average molecular weight is 286 g/mol. The fourth-order valence-electron chi connectivity index (χ4n) is 1.99. The lowest BCUT2D eigenvalue weighted by Gasteiger charge is -2.16. The summed E-state index contributed by atoms with van der Waals surface area (Å²) in [6.45, 7) is 1.92. The summed E-state index contributed by atoms with van der Waals surface area (Å²) in [5.41, 5.74) is 1.52. The summed E-state index contributed by atoms with van der Waals surface area (Å²) >= 11 is 0. The highest BCUT2D eigenvalue weighted by Gasteiger charge is 2.13. The van der Waals surface area contributed by atoms with Gasteiger partial charge in [0.05, 0.1) is 20.3 Å². The Morgan fingerprint density at radius 3 is 2.38 bits per heavy atom. The first-order valence-corrected chi connectivity index (χ1v) is 6.58. The van der Waals surface area contributed by atoms with Gasteiger partial charge in [0, 0.05) is 18.0 Å². The number of hydrogen-bond acceptors (Lipinski definition) is 4. The monoisotopic (exact) mass is 286 g/mol. The molecule has 0 aliphatic carbocycles. The van der Waals surface area contributed by atoms with E-state index in [1.165, 1.54) is 0 Å². The molecule has 1 N–H and O–H groups in total. The highest BCUT2D eigenvalue weighted by molar-refractivity contribution is 5.94. The molecule has 0 aliphatic rings. The minimum atomic E-state index is -0.148. The molecule has 0 saturated heterocycles. The maximum atomic E-state index is 12.1. The van der Waals surface area contributed by atoms with Crippen LogP contribution in [0.1, 0.15) is 28.9 Å². The van der Waals surface area contributed by atoms with Crippen LogP contribution in [0.15, 0.2) is 42.7 Å². The first-order chi connectivity index (χ1) is 10.2. The van der Waals surface area contributed by atoms with E-state index in [4.69, 9.17) is 9.47 Å². The number of rotatable bonds is 5. The van der Waals surface area contributed by atoms with E-state index in [-0.39, 0.29) is 11.9 Å². The molecule has 110 valence electrons. The van der Waals surface area contributed by atoms with E-state index >= 15 is 0 Å². The third-order valence-corrected chi connectivity index (χ3v) is 3.20. The molecule has 0 aliphatic heterocycles. The molecule has 0 radical (unpaired) electrons. The van der Waals surface area contributed by atoms with Gasteiger partial charge >= 0.3 is 0 Å². The number of benzene rings is 1. The van der Waals surface area contributed by atoms with Crippen LogP contribution < -0.4 is 14.8 Å². The van der Waals surface area contributed by atoms with Crippen LogP contribution in [0.3, 0.4) is 0 Å². The van der Waals surface area contributed by atoms with Gasteiger partial charge in [0.15, 0.2) is 11.5 Å². The van der Waals surface area contributed by atoms with Crippen LogP contribution in [0.25, 0.3) is 0 Å². The molecule has 0 unspecified atom stereocenters. The molecule has 5 heteroatoms. The first-order valence-electron chi connectivity index (χ1n) is 6.58. The predicted molar refractivity (Wildman–Crippen MR) is 79.7 cm³/mol.